The van der Waals surface area contributed by atoms with Gasteiger partial charge < -0.3 is 15.5 Å². The minimum absolute atomic E-state index is 0.0884. The summed E-state index contributed by atoms with van der Waals surface area (Å²) in [5.41, 5.74) is 0.824. The van der Waals surface area contributed by atoms with Crippen LogP contribution in [0.3, 0.4) is 0 Å². The standard InChI is InChI=1S/C13H21NO2/c1-4-10(5-2)14-9(3)12-7-6-11(15)8-13(12)16/h6-10,14-16H,4-5H2,1-3H3. The van der Waals surface area contributed by atoms with E-state index in [1.807, 2.05) is 6.92 Å². The van der Waals surface area contributed by atoms with Crippen molar-refractivity contribution in [2.45, 2.75) is 45.7 Å². The highest BCUT2D eigenvalue weighted by molar-refractivity contribution is 5.40. The molecule has 0 saturated heterocycles. The summed E-state index contributed by atoms with van der Waals surface area (Å²) in [4.78, 5) is 0. The summed E-state index contributed by atoms with van der Waals surface area (Å²) in [5.74, 6) is 0.238. The minimum atomic E-state index is 0.0884. The summed E-state index contributed by atoms with van der Waals surface area (Å²) < 4.78 is 0. The van der Waals surface area contributed by atoms with Crippen molar-refractivity contribution in [3.05, 3.63) is 23.8 Å². The number of phenolic OH excluding ortho intramolecular Hbond substituents is 2. The van der Waals surface area contributed by atoms with E-state index in [0.29, 0.717) is 6.04 Å². The topological polar surface area (TPSA) is 52.5 Å². The lowest BCUT2D eigenvalue weighted by Crippen LogP contribution is -2.30. The highest BCUT2D eigenvalue weighted by Crippen LogP contribution is 2.28. The fourth-order valence-corrected chi connectivity index (χ4v) is 1.87. The van der Waals surface area contributed by atoms with E-state index in [1.54, 1.807) is 12.1 Å². The summed E-state index contributed by atoms with van der Waals surface area (Å²) >= 11 is 0. The lowest BCUT2D eigenvalue weighted by Gasteiger charge is -2.22. The summed E-state index contributed by atoms with van der Waals surface area (Å²) in [7, 11) is 0. The Kier molecular flexibility index (Phi) is 4.62. The molecule has 0 bridgehead atoms. The van der Waals surface area contributed by atoms with Gasteiger partial charge in [-0.1, -0.05) is 19.9 Å². The van der Waals surface area contributed by atoms with Crippen LogP contribution in [0.1, 0.15) is 45.2 Å². The van der Waals surface area contributed by atoms with Crippen molar-refractivity contribution < 1.29 is 10.2 Å². The van der Waals surface area contributed by atoms with Gasteiger partial charge in [-0.25, -0.2) is 0 Å². The number of nitrogens with one attached hydrogen (secondary N) is 1. The zero-order valence-corrected chi connectivity index (χ0v) is 10.2. The lowest BCUT2D eigenvalue weighted by atomic mass is 10.0. The van der Waals surface area contributed by atoms with Crippen LogP contribution in [0, 0.1) is 0 Å². The molecular weight excluding hydrogens is 202 g/mol. The summed E-state index contributed by atoms with van der Waals surface area (Å²) in [6.45, 7) is 6.31. The average molecular weight is 223 g/mol. The summed E-state index contributed by atoms with van der Waals surface area (Å²) in [6, 6.07) is 5.28. The molecule has 3 heteroatoms. The third kappa shape index (κ3) is 3.14. The van der Waals surface area contributed by atoms with Crippen LogP contribution in [0.25, 0.3) is 0 Å². The van der Waals surface area contributed by atoms with Crippen LogP contribution < -0.4 is 5.32 Å². The zero-order valence-electron chi connectivity index (χ0n) is 10.2. The van der Waals surface area contributed by atoms with E-state index in [9.17, 15) is 10.2 Å². The molecule has 0 radical (unpaired) electrons. The number of hydrogen-bond acceptors (Lipinski definition) is 3. The molecule has 0 heterocycles. The monoisotopic (exact) mass is 223 g/mol. The van der Waals surface area contributed by atoms with Gasteiger partial charge in [0.2, 0.25) is 0 Å². The normalized spacial score (nSPS) is 13.0. The van der Waals surface area contributed by atoms with Gasteiger partial charge in [0.1, 0.15) is 11.5 Å². The first-order valence-corrected chi connectivity index (χ1v) is 5.86. The number of phenols is 2. The smallest absolute Gasteiger partial charge is 0.124 e. The van der Waals surface area contributed by atoms with Crippen molar-refractivity contribution in [3.8, 4) is 11.5 Å². The average Bonchev–Trinajstić information content (AvgIpc) is 2.25. The van der Waals surface area contributed by atoms with Gasteiger partial charge in [0.25, 0.3) is 0 Å². The van der Waals surface area contributed by atoms with Crippen molar-refractivity contribution in [1.29, 1.82) is 0 Å². The van der Waals surface area contributed by atoms with Crippen LogP contribution in [0.2, 0.25) is 0 Å². The Balaban J connectivity index is 2.76. The van der Waals surface area contributed by atoms with Gasteiger partial charge in [-0.15, -0.1) is 0 Å². The fourth-order valence-electron chi connectivity index (χ4n) is 1.87. The number of rotatable bonds is 5. The molecule has 1 atom stereocenters. The van der Waals surface area contributed by atoms with Crippen molar-refractivity contribution in [2.75, 3.05) is 0 Å². The maximum Gasteiger partial charge on any atom is 0.124 e. The molecule has 1 aromatic rings. The van der Waals surface area contributed by atoms with Crippen LogP contribution in [-0.4, -0.2) is 16.3 Å². The molecule has 0 aliphatic rings. The summed E-state index contributed by atoms with van der Waals surface area (Å²) in [6.07, 6.45) is 2.14. The van der Waals surface area contributed by atoms with E-state index in [2.05, 4.69) is 19.2 Å². The fraction of sp³-hybridized carbons (Fsp3) is 0.538. The molecule has 16 heavy (non-hydrogen) atoms. The van der Waals surface area contributed by atoms with Gasteiger partial charge in [-0.05, 0) is 25.8 Å². The van der Waals surface area contributed by atoms with E-state index in [-0.39, 0.29) is 17.5 Å². The van der Waals surface area contributed by atoms with Crippen molar-refractivity contribution in [2.24, 2.45) is 0 Å². The number of hydrogen-bond donors (Lipinski definition) is 3. The Morgan fingerprint density at radius 2 is 1.81 bits per heavy atom. The van der Waals surface area contributed by atoms with E-state index < -0.39 is 0 Å². The van der Waals surface area contributed by atoms with Crippen molar-refractivity contribution >= 4 is 0 Å². The van der Waals surface area contributed by atoms with Gasteiger partial charge in [0.15, 0.2) is 0 Å². The third-order valence-corrected chi connectivity index (χ3v) is 2.95. The SMILES string of the molecule is CCC(CC)NC(C)c1ccc(O)cc1O. The molecule has 0 fully saturated rings. The zero-order chi connectivity index (χ0) is 12.1. The predicted octanol–water partition coefficient (Wildman–Crippen LogP) is 2.94. The molecule has 1 rings (SSSR count). The number of benzene rings is 1. The molecule has 3 N–H and O–H groups in total. The van der Waals surface area contributed by atoms with Gasteiger partial charge >= 0.3 is 0 Å². The van der Waals surface area contributed by atoms with Gasteiger partial charge in [0, 0.05) is 23.7 Å². The Morgan fingerprint density at radius 3 is 2.31 bits per heavy atom. The Labute approximate surface area is 97.1 Å². The van der Waals surface area contributed by atoms with Gasteiger partial charge in [-0.2, -0.15) is 0 Å². The van der Waals surface area contributed by atoms with E-state index >= 15 is 0 Å². The molecule has 0 saturated carbocycles. The molecular formula is C13H21NO2. The summed E-state index contributed by atoms with van der Waals surface area (Å²) in [5, 5.41) is 22.4. The van der Waals surface area contributed by atoms with E-state index in [0.717, 1.165) is 18.4 Å². The molecule has 0 amide bonds. The first-order chi connectivity index (χ1) is 7.58. The van der Waals surface area contributed by atoms with Crippen molar-refractivity contribution in [1.82, 2.24) is 5.32 Å². The molecule has 1 unspecified atom stereocenters. The van der Waals surface area contributed by atoms with Crippen LogP contribution in [0.4, 0.5) is 0 Å². The van der Waals surface area contributed by atoms with Gasteiger partial charge in [0.05, 0.1) is 0 Å². The third-order valence-electron chi connectivity index (χ3n) is 2.95. The number of aromatic hydroxyl groups is 2. The minimum Gasteiger partial charge on any atom is -0.508 e. The Morgan fingerprint density at radius 1 is 1.19 bits per heavy atom. The van der Waals surface area contributed by atoms with E-state index in [4.69, 9.17) is 0 Å². The quantitative estimate of drug-likeness (QED) is 0.719. The molecule has 0 spiro atoms. The lowest BCUT2D eigenvalue weighted by molar-refractivity contribution is 0.406. The molecule has 90 valence electrons. The van der Waals surface area contributed by atoms with Crippen LogP contribution >= 0.6 is 0 Å². The first-order valence-electron chi connectivity index (χ1n) is 5.86. The second-order valence-electron chi connectivity index (χ2n) is 4.14. The largest absolute Gasteiger partial charge is 0.508 e. The highest BCUT2D eigenvalue weighted by Gasteiger charge is 2.13. The maximum atomic E-state index is 9.72. The second-order valence-corrected chi connectivity index (χ2v) is 4.14. The van der Waals surface area contributed by atoms with Crippen LogP contribution in [0.15, 0.2) is 18.2 Å². The van der Waals surface area contributed by atoms with Crippen molar-refractivity contribution in [3.63, 3.8) is 0 Å². The highest BCUT2D eigenvalue weighted by atomic mass is 16.3. The van der Waals surface area contributed by atoms with Crippen LogP contribution in [-0.2, 0) is 0 Å². The predicted molar refractivity (Wildman–Crippen MR) is 65.7 cm³/mol. The molecule has 0 aliphatic carbocycles. The Hall–Kier alpha value is -1.22. The van der Waals surface area contributed by atoms with E-state index in [1.165, 1.54) is 6.07 Å². The molecule has 1 aromatic carbocycles. The molecule has 0 aliphatic heterocycles. The maximum absolute atomic E-state index is 9.72. The first kappa shape index (κ1) is 12.8. The molecule has 3 nitrogen and oxygen atoms in total. The molecule has 0 aromatic heterocycles. The second kappa shape index (κ2) is 5.75. The van der Waals surface area contributed by atoms with Crippen LogP contribution in [0.5, 0.6) is 11.5 Å². The van der Waals surface area contributed by atoms with Gasteiger partial charge in [-0.3, -0.25) is 0 Å². The Bertz CT molecular complexity index is 335.